The molecule has 30 heavy (non-hydrogen) atoms. The van der Waals surface area contributed by atoms with E-state index in [4.69, 9.17) is 9.97 Å². The maximum absolute atomic E-state index is 4.70. The smallest absolute Gasteiger partial charge is 0.0784 e. The van der Waals surface area contributed by atoms with Gasteiger partial charge in [0.2, 0.25) is 0 Å². The first-order chi connectivity index (χ1) is 12.8. The minimum Gasteiger partial charge on any atom is -0.353 e. The fourth-order valence-corrected chi connectivity index (χ4v) is 4.31. The second-order valence-corrected chi connectivity index (χ2v) is 7.22. The molecule has 4 nitrogen and oxygen atoms in total. The van der Waals surface area contributed by atoms with E-state index >= 15 is 0 Å². The summed E-state index contributed by atoms with van der Waals surface area (Å²) in [5, 5.41) is 2.51. The van der Waals surface area contributed by atoms with Gasteiger partial charge in [-0.3, -0.25) is 14.9 Å². The summed E-state index contributed by atoms with van der Waals surface area (Å²) in [6.45, 7) is 0.810. The van der Waals surface area contributed by atoms with Crippen molar-refractivity contribution in [3.8, 4) is 0 Å². The van der Waals surface area contributed by atoms with E-state index in [1.165, 1.54) is 34.0 Å². The number of aryl methyl sites for hydroxylation is 1. The minimum absolute atomic E-state index is 0. The fraction of sp³-hybridized carbons (Fsp3) is 0.273. The second-order valence-electron chi connectivity index (χ2n) is 7.22. The molecule has 3 heterocycles. The zero-order chi connectivity index (χ0) is 17.5. The van der Waals surface area contributed by atoms with Crippen LogP contribution in [-0.2, 0) is 13.0 Å². The van der Waals surface area contributed by atoms with Crippen LogP contribution in [-0.4, -0.2) is 26.9 Å². The molecule has 0 spiro atoms. The van der Waals surface area contributed by atoms with Crippen LogP contribution in [0.2, 0.25) is 0 Å². The van der Waals surface area contributed by atoms with Gasteiger partial charge in [-0.2, -0.15) is 0 Å². The molecule has 1 aliphatic carbocycles. The average Bonchev–Trinajstić information content (AvgIpc) is 3.07. The van der Waals surface area contributed by atoms with Crippen LogP contribution < -0.4 is 0 Å². The zero-order valence-electron chi connectivity index (χ0n) is 16.6. The maximum Gasteiger partial charge on any atom is 0.0784 e. The van der Waals surface area contributed by atoms with Crippen molar-refractivity contribution in [3.63, 3.8) is 0 Å². The van der Waals surface area contributed by atoms with Crippen molar-refractivity contribution in [1.82, 2.24) is 19.9 Å². The molecule has 0 fully saturated rings. The Balaban J connectivity index is 0.00000112. The lowest BCUT2D eigenvalue weighted by molar-refractivity contribution is 0.207. The standard InChI is InChI=1S/C22H22N4.4ClH/c1-26(20-10-4-6-15-7-5-12-24-21(15)20)14-19-22-17(11-13-23-19)16-8-2-3-9-18(16)25-22;;;;/h2-3,5,7-9,11-13,20,25H,4,6,10,14H2,1H3;4*1H. The first-order valence-corrected chi connectivity index (χ1v) is 9.29. The number of pyridine rings is 2. The summed E-state index contributed by atoms with van der Waals surface area (Å²) in [4.78, 5) is 15.4. The highest BCUT2D eigenvalue weighted by Gasteiger charge is 2.25. The summed E-state index contributed by atoms with van der Waals surface area (Å²) in [5.74, 6) is 0. The molecule has 0 aliphatic heterocycles. The summed E-state index contributed by atoms with van der Waals surface area (Å²) in [6, 6.07) is 15.2. The number of aromatic amines is 1. The molecule has 8 heteroatoms. The molecule has 1 atom stereocenters. The van der Waals surface area contributed by atoms with Crippen molar-refractivity contribution in [2.45, 2.75) is 31.8 Å². The van der Waals surface area contributed by atoms with Crippen LogP contribution in [0.25, 0.3) is 21.8 Å². The Morgan fingerprint density at radius 1 is 0.933 bits per heavy atom. The third-order valence-corrected chi connectivity index (χ3v) is 5.60. The molecule has 5 rings (SSSR count). The number of benzene rings is 1. The average molecular weight is 488 g/mol. The quantitative estimate of drug-likeness (QED) is 0.368. The van der Waals surface area contributed by atoms with Gasteiger partial charge in [0.15, 0.2) is 0 Å². The number of hydrogen-bond acceptors (Lipinski definition) is 3. The normalized spacial score (nSPS) is 14.8. The number of rotatable bonds is 3. The van der Waals surface area contributed by atoms with Crippen LogP contribution in [0.4, 0.5) is 0 Å². The van der Waals surface area contributed by atoms with Crippen LogP contribution in [0.5, 0.6) is 0 Å². The van der Waals surface area contributed by atoms with Gasteiger partial charge in [0.1, 0.15) is 0 Å². The largest absolute Gasteiger partial charge is 0.353 e. The van der Waals surface area contributed by atoms with E-state index in [2.05, 4.69) is 53.3 Å². The van der Waals surface area contributed by atoms with Gasteiger partial charge in [-0.1, -0.05) is 24.3 Å². The molecule has 1 aromatic carbocycles. The highest BCUT2D eigenvalue weighted by molar-refractivity contribution is 6.07. The Hall–Kier alpha value is -1.56. The van der Waals surface area contributed by atoms with E-state index in [-0.39, 0.29) is 49.6 Å². The SMILES string of the molecule is CN(Cc1nccc2c1[nH]c1ccccc12)C1CCCc2cccnc21.Cl.Cl.Cl.Cl. The van der Waals surface area contributed by atoms with E-state index in [0.717, 1.165) is 30.6 Å². The number of hydrogen-bond donors (Lipinski definition) is 1. The Bertz CT molecular complexity index is 1100. The van der Waals surface area contributed by atoms with Crippen molar-refractivity contribution in [2.75, 3.05) is 7.05 Å². The van der Waals surface area contributed by atoms with Gasteiger partial charge in [-0.25, -0.2) is 0 Å². The van der Waals surface area contributed by atoms with Gasteiger partial charge in [-0.15, -0.1) is 49.6 Å². The highest BCUT2D eigenvalue weighted by atomic mass is 35.5. The Kier molecular flexibility index (Phi) is 9.86. The molecular weight excluding hydrogens is 462 g/mol. The number of nitrogens with zero attached hydrogens (tertiary/aromatic N) is 3. The number of halogens is 4. The summed E-state index contributed by atoms with van der Waals surface area (Å²) in [7, 11) is 2.19. The fourth-order valence-electron chi connectivity index (χ4n) is 4.31. The first kappa shape index (κ1) is 26.5. The third-order valence-electron chi connectivity index (χ3n) is 5.60. The molecule has 3 aromatic heterocycles. The Labute approximate surface area is 201 Å². The van der Waals surface area contributed by atoms with Crippen LogP contribution in [0.15, 0.2) is 54.9 Å². The maximum atomic E-state index is 4.70. The molecule has 0 radical (unpaired) electrons. The number of H-pyrrole nitrogens is 1. The van der Waals surface area contributed by atoms with Gasteiger partial charge < -0.3 is 4.98 Å². The molecule has 1 N–H and O–H groups in total. The van der Waals surface area contributed by atoms with E-state index in [0.29, 0.717) is 6.04 Å². The molecule has 0 saturated heterocycles. The second kappa shape index (κ2) is 11.2. The highest BCUT2D eigenvalue weighted by Crippen LogP contribution is 2.33. The molecule has 1 unspecified atom stereocenters. The van der Waals surface area contributed by atoms with Crippen molar-refractivity contribution in [1.29, 1.82) is 0 Å². The molecule has 0 saturated carbocycles. The molecular formula is C22H26Cl4N4. The van der Waals surface area contributed by atoms with Crippen LogP contribution in [0, 0.1) is 0 Å². The predicted molar refractivity (Wildman–Crippen MR) is 134 cm³/mol. The molecule has 0 bridgehead atoms. The van der Waals surface area contributed by atoms with Crippen molar-refractivity contribution >= 4 is 71.4 Å². The van der Waals surface area contributed by atoms with E-state index < -0.39 is 0 Å². The predicted octanol–water partition coefficient (Wildman–Crippen LogP) is 6.31. The van der Waals surface area contributed by atoms with Gasteiger partial charge in [0.25, 0.3) is 0 Å². The number of nitrogens with one attached hydrogen (secondary N) is 1. The van der Waals surface area contributed by atoms with E-state index in [1.54, 1.807) is 0 Å². The summed E-state index contributed by atoms with van der Waals surface area (Å²) >= 11 is 0. The summed E-state index contributed by atoms with van der Waals surface area (Å²) in [6.07, 6.45) is 7.37. The Morgan fingerprint density at radius 2 is 1.73 bits per heavy atom. The number of aromatic nitrogens is 3. The van der Waals surface area contributed by atoms with Gasteiger partial charge in [0.05, 0.1) is 22.9 Å². The third kappa shape index (κ3) is 4.68. The lowest BCUT2D eigenvalue weighted by Gasteiger charge is -2.32. The molecule has 4 aromatic rings. The van der Waals surface area contributed by atoms with Gasteiger partial charge >= 0.3 is 0 Å². The monoisotopic (exact) mass is 486 g/mol. The lowest BCUT2D eigenvalue weighted by Crippen LogP contribution is -2.28. The minimum atomic E-state index is 0. The number of para-hydroxylation sites is 1. The van der Waals surface area contributed by atoms with E-state index in [1.807, 2.05) is 18.5 Å². The molecule has 1 aliphatic rings. The molecule has 0 amide bonds. The summed E-state index contributed by atoms with van der Waals surface area (Å²) < 4.78 is 0. The lowest BCUT2D eigenvalue weighted by atomic mass is 9.91. The van der Waals surface area contributed by atoms with Gasteiger partial charge in [0, 0.05) is 35.2 Å². The topological polar surface area (TPSA) is 44.8 Å². The van der Waals surface area contributed by atoms with Crippen LogP contribution >= 0.6 is 49.6 Å². The first-order valence-electron chi connectivity index (χ1n) is 9.29. The Morgan fingerprint density at radius 3 is 2.57 bits per heavy atom. The molecule has 162 valence electrons. The van der Waals surface area contributed by atoms with Crippen LogP contribution in [0.3, 0.4) is 0 Å². The van der Waals surface area contributed by atoms with Crippen molar-refractivity contribution < 1.29 is 0 Å². The van der Waals surface area contributed by atoms with Crippen LogP contribution in [0.1, 0.15) is 35.8 Å². The zero-order valence-corrected chi connectivity index (χ0v) is 19.8. The van der Waals surface area contributed by atoms with E-state index in [9.17, 15) is 0 Å². The summed E-state index contributed by atoms with van der Waals surface area (Å²) in [5.41, 5.74) is 6.06. The number of fused-ring (bicyclic) bond motifs is 4. The van der Waals surface area contributed by atoms with Gasteiger partial charge in [-0.05, 0) is 50.1 Å². The van der Waals surface area contributed by atoms with Crippen molar-refractivity contribution in [2.24, 2.45) is 0 Å². The van der Waals surface area contributed by atoms with Crippen molar-refractivity contribution in [3.05, 3.63) is 71.8 Å².